The molecular weight excluding hydrogens is 296 g/mol. The summed E-state index contributed by atoms with van der Waals surface area (Å²) in [5.74, 6) is 1.12. The summed E-state index contributed by atoms with van der Waals surface area (Å²) >= 11 is 0. The lowest BCUT2D eigenvalue weighted by Crippen LogP contribution is -2.40. The first kappa shape index (κ1) is 16.9. The molecule has 0 spiro atoms. The standard InChI is InChI=1S/C17H22N2O4/c1-4-22-14-10-13(8-7-12(14)2)19-16(20)18-11-17(3,21)15-6-5-9-23-15/h5-10,21H,4,11H2,1-3H3,(H2,18,19,20)/t17-/m1/s1. The maximum Gasteiger partial charge on any atom is 0.319 e. The fourth-order valence-electron chi connectivity index (χ4n) is 2.09. The van der Waals surface area contributed by atoms with E-state index in [4.69, 9.17) is 9.15 Å². The van der Waals surface area contributed by atoms with Gasteiger partial charge in [0.2, 0.25) is 0 Å². The average molecular weight is 318 g/mol. The average Bonchev–Trinajstić information content (AvgIpc) is 3.04. The van der Waals surface area contributed by atoms with Gasteiger partial charge in [-0.15, -0.1) is 0 Å². The summed E-state index contributed by atoms with van der Waals surface area (Å²) in [4.78, 5) is 12.0. The number of ether oxygens (including phenoxy) is 1. The summed E-state index contributed by atoms with van der Waals surface area (Å²) in [7, 11) is 0. The Balaban J connectivity index is 1.93. The summed E-state index contributed by atoms with van der Waals surface area (Å²) in [6.45, 7) is 6.00. The third kappa shape index (κ3) is 4.50. The minimum atomic E-state index is -1.27. The minimum Gasteiger partial charge on any atom is -0.494 e. The first-order valence-electron chi connectivity index (χ1n) is 7.47. The van der Waals surface area contributed by atoms with E-state index in [9.17, 15) is 9.90 Å². The Labute approximate surface area is 135 Å². The van der Waals surface area contributed by atoms with E-state index in [1.165, 1.54) is 6.26 Å². The van der Waals surface area contributed by atoms with Crippen LogP contribution >= 0.6 is 0 Å². The number of rotatable bonds is 6. The van der Waals surface area contributed by atoms with Gasteiger partial charge in [-0.25, -0.2) is 4.79 Å². The second kappa shape index (κ2) is 7.19. The number of aliphatic hydroxyl groups is 1. The van der Waals surface area contributed by atoms with Gasteiger partial charge in [-0.3, -0.25) is 0 Å². The number of urea groups is 1. The van der Waals surface area contributed by atoms with Crippen molar-refractivity contribution in [1.82, 2.24) is 5.32 Å². The highest BCUT2D eigenvalue weighted by Crippen LogP contribution is 2.23. The zero-order valence-corrected chi connectivity index (χ0v) is 13.6. The van der Waals surface area contributed by atoms with Crippen molar-refractivity contribution in [2.24, 2.45) is 0 Å². The van der Waals surface area contributed by atoms with E-state index in [-0.39, 0.29) is 6.54 Å². The first-order valence-corrected chi connectivity index (χ1v) is 7.47. The van der Waals surface area contributed by atoms with Crippen LogP contribution in [0.5, 0.6) is 5.75 Å². The molecule has 0 saturated heterocycles. The molecule has 0 bridgehead atoms. The summed E-state index contributed by atoms with van der Waals surface area (Å²) in [5.41, 5.74) is 0.345. The Kier molecular flexibility index (Phi) is 5.28. The number of benzene rings is 1. The van der Waals surface area contributed by atoms with E-state index in [1.54, 1.807) is 31.2 Å². The molecule has 2 aromatic rings. The zero-order valence-electron chi connectivity index (χ0n) is 13.6. The molecule has 1 atom stereocenters. The van der Waals surface area contributed by atoms with Crippen LogP contribution in [-0.2, 0) is 5.60 Å². The van der Waals surface area contributed by atoms with Gasteiger partial charge in [-0.05, 0) is 44.5 Å². The van der Waals surface area contributed by atoms with E-state index in [0.29, 0.717) is 18.1 Å². The molecule has 0 fully saturated rings. The van der Waals surface area contributed by atoms with Gasteiger partial charge in [0.05, 0.1) is 19.4 Å². The largest absolute Gasteiger partial charge is 0.494 e. The van der Waals surface area contributed by atoms with Crippen molar-refractivity contribution in [3.05, 3.63) is 47.9 Å². The molecule has 0 aliphatic heterocycles. The molecular formula is C17H22N2O4. The quantitative estimate of drug-likeness (QED) is 0.764. The number of aryl methyl sites for hydroxylation is 1. The van der Waals surface area contributed by atoms with Crippen LogP contribution in [0.1, 0.15) is 25.2 Å². The van der Waals surface area contributed by atoms with Crippen molar-refractivity contribution in [3.8, 4) is 5.75 Å². The van der Waals surface area contributed by atoms with Gasteiger partial charge in [-0.2, -0.15) is 0 Å². The zero-order chi connectivity index (χ0) is 16.9. The van der Waals surface area contributed by atoms with Gasteiger partial charge < -0.3 is 24.9 Å². The number of nitrogens with one attached hydrogen (secondary N) is 2. The van der Waals surface area contributed by atoms with Gasteiger partial charge in [-0.1, -0.05) is 6.07 Å². The number of furan rings is 1. The van der Waals surface area contributed by atoms with Crippen molar-refractivity contribution in [3.63, 3.8) is 0 Å². The van der Waals surface area contributed by atoms with E-state index in [0.717, 1.165) is 11.3 Å². The van der Waals surface area contributed by atoms with Crippen molar-refractivity contribution in [1.29, 1.82) is 0 Å². The van der Waals surface area contributed by atoms with Crippen LogP contribution in [0.15, 0.2) is 41.0 Å². The van der Waals surface area contributed by atoms with Crippen molar-refractivity contribution in [2.45, 2.75) is 26.4 Å². The van der Waals surface area contributed by atoms with Gasteiger partial charge in [0, 0.05) is 11.8 Å². The summed E-state index contributed by atoms with van der Waals surface area (Å²) in [5, 5.41) is 15.6. The maximum atomic E-state index is 12.0. The predicted molar refractivity (Wildman–Crippen MR) is 87.6 cm³/mol. The Bertz CT molecular complexity index is 651. The Morgan fingerprint density at radius 3 is 2.83 bits per heavy atom. The summed E-state index contributed by atoms with van der Waals surface area (Å²) in [6, 6.07) is 8.37. The molecule has 0 aliphatic rings. The molecule has 0 unspecified atom stereocenters. The van der Waals surface area contributed by atoms with Crippen LogP contribution in [0.3, 0.4) is 0 Å². The normalized spacial score (nSPS) is 13.2. The van der Waals surface area contributed by atoms with Crippen LogP contribution in [0, 0.1) is 6.92 Å². The summed E-state index contributed by atoms with van der Waals surface area (Å²) in [6.07, 6.45) is 1.48. The maximum absolute atomic E-state index is 12.0. The fourth-order valence-corrected chi connectivity index (χ4v) is 2.09. The topological polar surface area (TPSA) is 83.7 Å². The highest BCUT2D eigenvalue weighted by molar-refractivity contribution is 5.89. The van der Waals surface area contributed by atoms with Crippen molar-refractivity contribution >= 4 is 11.7 Å². The van der Waals surface area contributed by atoms with E-state index < -0.39 is 11.6 Å². The number of anilines is 1. The Morgan fingerprint density at radius 2 is 2.17 bits per heavy atom. The highest BCUT2D eigenvalue weighted by Gasteiger charge is 2.26. The number of carbonyl (C=O) groups excluding carboxylic acids is 1. The van der Waals surface area contributed by atoms with E-state index in [2.05, 4.69) is 10.6 Å². The molecule has 0 aliphatic carbocycles. The van der Waals surface area contributed by atoms with E-state index in [1.807, 2.05) is 19.9 Å². The second-order valence-corrected chi connectivity index (χ2v) is 5.47. The number of hydrogen-bond acceptors (Lipinski definition) is 4. The highest BCUT2D eigenvalue weighted by atomic mass is 16.5. The molecule has 2 amide bonds. The smallest absolute Gasteiger partial charge is 0.319 e. The van der Waals surface area contributed by atoms with Crippen LogP contribution in [-0.4, -0.2) is 24.3 Å². The molecule has 2 rings (SSSR count). The van der Waals surface area contributed by atoms with Crippen molar-refractivity contribution in [2.75, 3.05) is 18.5 Å². The molecule has 6 heteroatoms. The lowest BCUT2D eigenvalue weighted by molar-refractivity contribution is 0.0372. The molecule has 124 valence electrons. The Morgan fingerprint density at radius 1 is 1.39 bits per heavy atom. The third-order valence-corrected chi connectivity index (χ3v) is 3.39. The second-order valence-electron chi connectivity index (χ2n) is 5.47. The fraction of sp³-hybridized carbons (Fsp3) is 0.353. The SMILES string of the molecule is CCOc1cc(NC(=O)NC[C@@](C)(O)c2ccco2)ccc1C. The third-order valence-electron chi connectivity index (χ3n) is 3.39. The van der Waals surface area contributed by atoms with Gasteiger partial charge in [0.25, 0.3) is 0 Å². The van der Waals surface area contributed by atoms with Crippen LogP contribution in [0.2, 0.25) is 0 Å². The van der Waals surface area contributed by atoms with Crippen molar-refractivity contribution < 1.29 is 19.1 Å². The predicted octanol–water partition coefficient (Wildman–Crippen LogP) is 3.02. The van der Waals surface area contributed by atoms with Gasteiger partial charge in [0.1, 0.15) is 17.1 Å². The molecule has 1 heterocycles. The molecule has 3 N–H and O–H groups in total. The van der Waals surface area contributed by atoms with E-state index >= 15 is 0 Å². The number of carbonyl (C=O) groups is 1. The molecule has 0 radical (unpaired) electrons. The first-order chi connectivity index (χ1) is 10.9. The number of amides is 2. The molecule has 1 aromatic carbocycles. The minimum absolute atomic E-state index is 0.0243. The van der Waals surface area contributed by atoms with Gasteiger partial charge >= 0.3 is 6.03 Å². The summed E-state index contributed by atoms with van der Waals surface area (Å²) < 4.78 is 10.7. The van der Waals surface area contributed by atoms with Crippen LogP contribution in [0.4, 0.5) is 10.5 Å². The Hall–Kier alpha value is -2.47. The monoisotopic (exact) mass is 318 g/mol. The lowest BCUT2D eigenvalue weighted by atomic mass is 10.0. The molecule has 0 saturated carbocycles. The molecule has 1 aromatic heterocycles. The lowest BCUT2D eigenvalue weighted by Gasteiger charge is -2.21. The van der Waals surface area contributed by atoms with Crippen LogP contribution < -0.4 is 15.4 Å². The number of hydrogen-bond donors (Lipinski definition) is 3. The van der Waals surface area contributed by atoms with Crippen LogP contribution in [0.25, 0.3) is 0 Å². The molecule has 6 nitrogen and oxygen atoms in total. The molecule has 23 heavy (non-hydrogen) atoms. The van der Waals surface area contributed by atoms with Gasteiger partial charge in [0.15, 0.2) is 0 Å².